The number of hydrogen-bond acceptors (Lipinski definition) is 3. The van der Waals surface area contributed by atoms with Gasteiger partial charge in [-0.2, -0.15) is 0 Å². The van der Waals surface area contributed by atoms with E-state index in [2.05, 4.69) is 86.2 Å². The number of methoxy groups -OCH3 is 1. The van der Waals surface area contributed by atoms with E-state index in [0.717, 1.165) is 57.0 Å². The molecule has 36 heavy (non-hydrogen) atoms. The monoisotopic (exact) mass is 487 g/mol. The molecule has 0 fully saturated rings. The standard InChI is InChI=1S/C32H45N3O/c1-7-10-19-34(24-27-22-25(4)31(36-6)26(5)23-27)21-18-30-29(15-9-3)33-32(35(30)20-11-8-2)28-16-13-12-14-17-28/h9,12-14,16-17,22-23H,3,7-8,10-11,15,18-21,24H2,1-2,4-6H3. The number of unbranched alkanes of at least 4 members (excludes halogenated alkanes) is 2. The van der Waals surface area contributed by atoms with Gasteiger partial charge in [0.15, 0.2) is 0 Å². The SMILES string of the molecule is C=CCc1nc(-c2ccccc2)n(CCCC)c1CCN(CCCC)Cc1cc(C)c(OC)c(C)c1. The van der Waals surface area contributed by atoms with Crippen LogP contribution in [0.4, 0.5) is 0 Å². The summed E-state index contributed by atoms with van der Waals surface area (Å²) in [5, 5.41) is 0. The van der Waals surface area contributed by atoms with E-state index in [-0.39, 0.29) is 0 Å². The van der Waals surface area contributed by atoms with Crippen molar-refractivity contribution < 1.29 is 4.74 Å². The number of ether oxygens (including phenoxy) is 1. The summed E-state index contributed by atoms with van der Waals surface area (Å²) in [6.45, 7) is 16.9. The van der Waals surface area contributed by atoms with Crippen molar-refractivity contribution in [3.63, 3.8) is 0 Å². The second kappa shape index (κ2) is 14.0. The first-order chi connectivity index (χ1) is 17.5. The van der Waals surface area contributed by atoms with Crippen LogP contribution in [0, 0.1) is 13.8 Å². The van der Waals surface area contributed by atoms with Crippen LogP contribution < -0.4 is 4.74 Å². The number of aryl methyl sites for hydroxylation is 2. The van der Waals surface area contributed by atoms with Gasteiger partial charge in [-0.15, -0.1) is 6.58 Å². The van der Waals surface area contributed by atoms with E-state index in [1.165, 1.54) is 52.9 Å². The minimum atomic E-state index is 0.806. The van der Waals surface area contributed by atoms with Crippen LogP contribution in [0.25, 0.3) is 11.4 Å². The molecule has 0 atom stereocenters. The molecule has 0 aliphatic carbocycles. The molecule has 1 aromatic heterocycles. The highest BCUT2D eigenvalue weighted by molar-refractivity contribution is 5.57. The Morgan fingerprint density at radius 3 is 2.31 bits per heavy atom. The summed E-state index contributed by atoms with van der Waals surface area (Å²) >= 11 is 0. The van der Waals surface area contributed by atoms with Crippen LogP contribution >= 0.6 is 0 Å². The lowest BCUT2D eigenvalue weighted by atomic mass is 10.0. The summed E-state index contributed by atoms with van der Waals surface area (Å²) in [4.78, 5) is 7.76. The number of imidazole rings is 1. The van der Waals surface area contributed by atoms with Gasteiger partial charge in [0.2, 0.25) is 0 Å². The van der Waals surface area contributed by atoms with Crippen LogP contribution in [0.5, 0.6) is 5.75 Å². The number of hydrogen-bond donors (Lipinski definition) is 0. The summed E-state index contributed by atoms with van der Waals surface area (Å²) in [5.74, 6) is 2.10. The molecule has 0 saturated heterocycles. The highest BCUT2D eigenvalue weighted by Crippen LogP contribution is 2.27. The predicted octanol–water partition coefficient (Wildman–Crippen LogP) is 7.55. The van der Waals surface area contributed by atoms with Crippen molar-refractivity contribution in [2.45, 2.75) is 79.3 Å². The lowest BCUT2D eigenvalue weighted by Gasteiger charge is -2.24. The molecular weight excluding hydrogens is 442 g/mol. The molecule has 0 unspecified atom stereocenters. The molecule has 0 N–H and O–H groups in total. The van der Waals surface area contributed by atoms with E-state index in [1.807, 2.05) is 6.08 Å². The molecule has 0 amide bonds. The van der Waals surface area contributed by atoms with E-state index in [0.29, 0.717) is 0 Å². The van der Waals surface area contributed by atoms with Gasteiger partial charge < -0.3 is 9.30 Å². The summed E-state index contributed by atoms with van der Waals surface area (Å²) < 4.78 is 8.08. The fourth-order valence-electron chi connectivity index (χ4n) is 5.11. The van der Waals surface area contributed by atoms with Crippen LogP contribution in [0.15, 0.2) is 55.1 Å². The van der Waals surface area contributed by atoms with Gasteiger partial charge in [0.05, 0.1) is 12.8 Å². The van der Waals surface area contributed by atoms with Crippen molar-refractivity contribution in [2.75, 3.05) is 20.2 Å². The molecule has 1 heterocycles. The second-order valence-electron chi connectivity index (χ2n) is 9.84. The van der Waals surface area contributed by atoms with Crippen LogP contribution in [0.2, 0.25) is 0 Å². The third-order valence-corrected chi connectivity index (χ3v) is 6.88. The maximum absolute atomic E-state index is 5.59. The van der Waals surface area contributed by atoms with Gasteiger partial charge in [0.1, 0.15) is 11.6 Å². The van der Waals surface area contributed by atoms with Gasteiger partial charge >= 0.3 is 0 Å². The Morgan fingerprint density at radius 1 is 1.00 bits per heavy atom. The summed E-state index contributed by atoms with van der Waals surface area (Å²) in [5.41, 5.74) is 7.51. The Labute approximate surface area is 219 Å². The van der Waals surface area contributed by atoms with Gasteiger partial charge in [-0.3, -0.25) is 4.90 Å². The lowest BCUT2D eigenvalue weighted by Crippen LogP contribution is -2.28. The van der Waals surface area contributed by atoms with Gasteiger partial charge in [0.25, 0.3) is 0 Å². The summed E-state index contributed by atoms with van der Waals surface area (Å²) in [7, 11) is 1.76. The molecule has 4 nitrogen and oxygen atoms in total. The lowest BCUT2D eigenvalue weighted by molar-refractivity contribution is 0.262. The molecule has 0 radical (unpaired) electrons. The first-order valence-electron chi connectivity index (χ1n) is 13.6. The topological polar surface area (TPSA) is 30.3 Å². The third kappa shape index (κ3) is 7.10. The maximum atomic E-state index is 5.59. The summed E-state index contributed by atoms with van der Waals surface area (Å²) in [6, 6.07) is 15.2. The first kappa shape index (κ1) is 27.7. The Balaban J connectivity index is 1.89. The van der Waals surface area contributed by atoms with Crippen molar-refractivity contribution in [3.8, 4) is 17.1 Å². The first-order valence-corrected chi connectivity index (χ1v) is 13.6. The van der Waals surface area contributed by atoms with E-state index < -0.39 is 0 Å². The van der Waals surface area contributed by atoms with E-state index in [1.54, 1.807) is 7.11 Å². The molecular formula is C32H45N3O. The normalized spacial score (nSPS) is 11.3. The fraction of sp³-hybridized carbons (Fsp3) is 0.469. The Hall–Kier alpha value is -2.85. The zero-order valence-electron chi connectivity index (χ0n) is 23.1. The van der Waals surface area contributed by atoms with Gasteiger partial charge in [-0.1, -0.05) is 75.2 Å². The average molecular weight is 488 g/mol. The molecule has 4 heteroatoms. The molecule has 0 saturated carbocycles. The number of benzene rings is 2. The van der Waals surface area contributed by atoms with Crippen LogP contribution in [0.3, 0.4) is 0 Å². The largest absolute Gasteiger partial charge is 0.496 e. The number of aromatic nitrogens is 2. The van der Waals surface area contributed by atoms with Crippen molar-refractivity contribution in [1.29, 1.82) is 0 Å². The molecule has 0 aliphatic rings. The average Bonchev–Trinajstić information content (AvgIpc) is 3.21. The molecule has 0 aliphatic heterocycles. The molecule has 3 aromatic rings. The Morgan fingerprint density at radius 2 is 1.69 bits per heavy atom. The molecule has 0 spiro atoms. The van der Waals surface area contributed by atoms with Crippen molar-refractivity contribution in [3.05, 3.63) is 83.2 Å². The van der Waals surface area contributed by atoms with Gasteiger partial charge in [0, 0.05) is 43.7 Å². The van der Waals surface area contributed by atoms with Gasteiger partial charge in [-0.25, -0.2) is 4.98 Å². The zero-order chi connectivity index (χ0) is 25.9. The van der Waals surface area contributed by atoms with Gasteiger partial charge in [-0.05, 0) is 49.9 Å². The van der Waals surface area contributed by atoms with Crippen molar-refractivity contribution >= 4 is 0 Å². The highest BCUT2D eigenvalue weighted by Gasteiger charge is 2.19. The molecule has 194 valence electrons. The quantitative estimate of drug-likeness (QED) is 0.207. The predicted molar refractivity (Wildman–Crippen MR) is 153 cm³/mol. The second-order valence-corrected chi connectivity index (χ2v) is 9.84. The van der Waals surface area contributed by atoms with Crippen molar-refractivity contribution in [1.82, 2.24) is 14.5 Å². The van der Waals surface area contributed by atoms with E-state index in [4.69, 9.17) is 9.72 Å². The maximum Gasteiger partial charge on any atom is 0.140 e. The third-order valence-electron chi connectivity index (χ3n) is 6.88. The summed E-state index contributed by atoms with van der Waals surface area (Å²) in [6.07, 6.45) is 8.51. The van der Waals surface area contributed by atoms with Crippen molar-refractivity contribution in [2.24, 2.45) is 0 Å². The Bertz CT molecular complexity index is 1080. The molecule has 3 rings (SSSR count). The minimum absolute atomic E-state index is 0.806. The highest BCUT2D eigenvalue weighted by atomic mass is 16.5. The van der Waals surface area contributed by atoms with Crippen LogP contribution in [-0.4, -0.2) is 34.7 Å². The molecule has 0 bridgehead atoms. The minimum Gasteiger partial charge on any atom is -0.496 e. The number of nitrogens with zero attached hydrogens (tertiary/aromatic N) is 3. The van der Waals surface area contributed by atoms with E-state index in [9.17, 15) is 0 Å². The molecule has 2 aromatic carbocycles. The fourth-order valence-corrected chi connectivity index (χ4v) is 5.11. The Kier molecular flexibility index (Phi) is 10.8. The number of rotatable bonds is 15. The zero-order valence-corrected chi connectivity index (χ0v) is 23.1. The van der Waals surface area contributed by atoms with Crippen LogP contribution in [-0.2, 0) is 25.9 Å². The number of allylic oxidation sites excluding steroid dienone is 1. The van der Waals surface area contributed by atoms with E-state index >= 15 is 0 Å². The van der Waals surface area contributed by atoms with Crippen LogP contribution in [0.1, 0.15) is 67.6 Å². The smallest absolute Gasteiger partial charge is 0.140 e.